The van der Waals surface area contributed by atoms with Crippen LogP contribution in [-0.4, -0.2) is 56.0 Å². The lowest BCUT2D eigenvalue weighted by Crippen LogP contribution is -2.47. The number of carbonyl (C=O) groups is 1. The topological polar surface area (TPSA) is 83.4 Å². The summed E-state index contributed by atoms with van der Waals surface area (Å²) in [5.74, 6) is -0.206. The molecule has 0 saturated carbocycles. The van der Waals surface area contributed by atoms with Crippen molar-refractivity contribution in [1.82, 2.24) is 19.5 Å². The number of rotatable bonds is 4. The van der Waals surface area contributed by atoms with Gasteiger partial charge < -0.3 is 9.88 Å². The summed E-state index contributed by atoms with van der Waals surface area (Å²) >= 11 is 0. The largest absolute Gasteiger partial charge is 0.346 e. The first-order valence-electron chi connectivity index (χ1n) is 8.07. The number of carbonyl (C=O) groups excluding carboxylic acids is 1. The second-order valence-corrected chi connectivity index (χ2v) is 8.23. The lowest BCUT2D eigenvalue weighted by atomic mass is 9.99. The van der Waals surface area contributed by atoms with E-state index in [0.29, 0.717) is 11.7 Å². The van der Waals surface area contributed by atoms with E-state index in [9.17, 15) is 13.2 Å². The molecule has 0 bridgehead atoms. The van der Waals surface area contributed by atoms with E-state index in [-0.39, 0.29) is 16.8 Å². The fourth-order valence-corrected chi connectivity index (χ4v) is 4.48. The van der Waals surface area contributed by atoms with Crippen molar-refractivity contribution < 1.29 is 13.2 Å². The van der Waals surface area contributed by atoms with E-state index in [0.717, 1.165) is 25.9 Å². The summed E-state index contributed by atoms with van der Waals surface area (Å²) < 4.78 is 27.5. The molecule has 1 aromatic rings. The van der Waals surface area contributed by atoms with E-state index in [4.69, 9.17) is 0 Å². The number of nitrogens with zero attached hydrogens (tertiary/aromatic N) is 2. The van der Waals surface area contributed by atoms with Crippen LogP contribution in [0, 0.1) is 0 Å². The predicted octanol–water partition coefficient (Wildman–Crippen LogP) is 0.290. The van der Waals surface area contributed by atoms with E-state index in [2.05, 4.69) is 14.9 Å². The zero-order chi connectivity index (χ0) is 16.6. The minimum absolute atomic E-state index is 0.110. The van der Waals surface area contributed by atoms with Crippen LogP contribution in [0.25, 0.3) is 0 Å². The monoisotopic (exact) mass is 340 g/mol. The Bertz CT molecular complexity index is 698. The van der Waals surface area contributed by atoms with Crippen molar-refractivity contribution in [2.24, 2.45) is 7.05 Å². The second-order valence-electron chi connectivity index (χ2n) is 6.35. The first-order chi connectivity index (χ1) is 10.9. The number of hydrogen-bond donors (Lipinski definition) is 2. The van der Waals surface area contributed by atoms with Crippen LogP contribution in [0.2, 0.25) is 0 Å². The molecular formula is C15H24N4O3S. The molecule has 2 N–H and O–H groups in total. The Morgan fingerprint density at radius 1 is 1.26 bits per heavy atom. The number of amides is 1. The van der Waals surface area contributed by atoms with E-state index in [1.807, 2.05) is 0 Å². The lowest BCUT2D eigenvalue weighted by molar-refractivity contribution is 0.0907. The molecule has 23 heavy (non-hydrogen) atoms. The molecular weight excluding hydrogens is 316 g/mol. The van der Waals surface area contributed by atoms with Crippen LogP contribution in [0.4, 0.5) is 0 Å². The number of piperidine rings is 1. The molecule has 2 fully saturated rings. The molecule has 8 heteroatoms. The highest BCUT2D eigenvalue weighted by molar-refractivity contribution is 7.89. The molecule has 1 aromatic heterocycles. The van der Waals surface area contributed by atoms with Gasteiger partial charge in [-0.3, -0.25) is 9.69 Å². The zero-order valence-electron chi connectivity index (χ0n) is 13.6. The third-order valence-corrected chi connectivity index (χ3v) is 6.35. The third kappa shape index (κ3) is 3.15. The Kier molecular flexibility index (Phi) is 4.48. The Hall–Kier alpha value is -1.38. The van der Waals surface area contributed by atoms with E-state index in [1.165, 1.54) is 32.2 Å². The van der Waals surface area contributed by atoms with Crippen LogP contribution in [0.3, 0.4) is 0 Å². The molecule has 0 unspecified atom stereocenters. The standard InChI is InChI=1S/C15H24N4O3S/c1-16-23(21,22)11-9-14(18(2)10-11)15(20)17-12-6-8-19-7-4-3-5-13(12)19/h9-10,12-13,16H,3-8H2,1-2H3,(H,17,20)/t12-,13-/m0/s1. The van der Waals surface area contributed by atoms with Gasteiger partial charge in [-0.05, 0) is 38.9 Å². The van der Waals surface area contributed by atoms with Crippen molar-refractivity contribution in [1.29, 1.82) is 0 Å². The molecule has 2 saturated heterocycles. The SMILES string of the molecule is CNS(=O)(=O)c1cc(C(=O)N[C@H]2CCN3CCCC[C@@H]23)n(C)c1. The summed E-state index contributed by atoms with van der Waals surface area (Å²) in [5.41, 5.74) is 0.369. The summed E-state index contributed by atoms with van der Waals surface area (Å²) in [6, 6.07) is 2.00. The third-order valence-electron chi connectivity index (χ3n) is 4.96. The van der Waals surface area contributed by atoms with Gasteiger partial charge in [0.1, 0.15) is 10.6 Å². The van der Waals surface area contributed by atoms with Crippen molar-refractivity contribution in [3.05, 3.63) is 18.0 Å². The molecule has 3 heterocycles. The number of aryl methyl sites for hydroxylation is 1. The normalized spacial score (nSPS) is 25.3. The van der Waals surface area contributed by atoms with Gasteiger partial charge in [-0.1, -0.05) is 6.42 Å². The van der Waals surface area contributed by atoms with Crippen LogP contribution in [0.15, 0.2) is 17.2 Å². The summed E-state index contributed by atoms with van der Waals surface area (Å²) in [5, 5.41) is 3.10. The maximum atomic E-state index is 12.6. The van der Waals surface area contributed by atoms with Crippen LogP contribution in [0.5, 0.6) is 0 Å². The van der Waals surface area contributed by atoms with E-state index in [1.54, 1.807) is 11.6 Å². The van der Waals surface area contributed by atoms with Gasteiger partial charge in [0, 0.05) is 31.9 Å². The van der Waals surface area contributed by atoms with Crippen LogP contribution in [-0.2, 0) is 17.1 Å². The van der Waals surface area contributed by atoms with Gasteiger partial charge in [-0.25, -0.2) is 13.1 Å². The van der Waals surface area contributed by atoms with Crippen LogP contribution < -0.4 is 10.0 Å². The fourth-order valence-electron chi connectivity index (χ4n) is 3.68. The van der Waals surface area contributed by atoms with Gasteiger partial charge >= 0.3 is 0 Å². The first kappa shape index (κ1) is 16.5. The molecule has 2 aliphatic heterocycles. The summed E-state index contributed by atoms with van der Waals surface area (Å²) in [6.07, 6.45) is 5.99. The Morgan fingerprint density at radius 2 is 2.04 bits per heavy atom. The molecule has 0 radical (unpaired) electrons. The van der Waals surface area contributed by atoms with Crippen molar-refractivity contribution in [2.75, 3.05) is 20.1 Å². The van der Waals surface area contributed by atoms with Gasteiger partial charge in [0.2, 0.25) is 10.0 Å². The number of nitrogens with one attached hydrogen (secondary N) is 2. The first-order valence-corrected chi connectivity index (χ1v) is 9.55. The zero-order valence-corrected chi connectivity index (χ0v) is 14.4. The molecule has 2 atom stereocenters. The number of aromatic nitrogens is 1. The highest BCUT2D eigenvalue weighted by atomic mass is 32.2. The van der Waals surface area contributed by atoms with Gasteiger partial charge in [0.25, 0.3) is 5.91 Å². The van der Waals surface area contributed by atoms with E-state index < -0.39 is 10.0 Å². The van der Waals surface area contributed by atoms with Gasteiger partial charge in [-0.2, -0.15) is 0 Å². The molecule has 7 nitrogen and oxygen atoms in total. The van der Waals surface area contributed by atoms with Gasteiger partial charge in [0.15, 0.2) is 0 Å². The molecule has 0 aliphatic carbocycles. The lowest BCUT2D eigenvalue weighted by Gasteiger charge is -2.32. The maximum Gasteiger partial charge on any atom is 0.268 e. The van der Waals surface area contributed by atoms with Crippen molar-refractivity contribution in [3.63, 3.8) is 0 Å². The Morgan fingerprint density at radius 3 is 2.78 bits per heavy atom. The van der Waals surface area contributed by atoms with Gasteiger partial charge in [0.05, 0.1) is 0 Å². The van der Waals surface area contributed by atoms with E-state index >= 15 is 0 Å². The maximum absolute atomic E-state index is 12.6. The predicted molar refractivity (Wildman–Crippen MR) is 86.7 cm³/mol. The Labute approximate surface area is 137 Å². The van der Waals surface area contributed by atoms with Crippen molar-refractivity contribution in [3.8, 4) is 0 Å². The number of fused-ring (bicyclic) bond motifs is 1. The summed E-state index contributed by atoms with van der Waals surface area (Å²) in [6.45, 7) is 2.15. The Balaban J connectivity index is 1.74. The van der Waals surface area contributed by atoms with Crippen LogP contribution in [0.1, 0.15) is 36.2 Å². The van der Waals surface area contributed by atoms with Crippen molar-refractivity contribution >= 4 is 15.9 Å². The molecule has 2 aliphatic rings. The minimum Gasteiger partial charge on any atom is -0.346 e. The fraction of sp³-hybridized carbons (Fsp3) is 0.667. The minimum atomic E-state index is -3.54. The number of hydrogen-bond acceptors (Lipinski definition) is 4. The van der Waals surface area contributed by atoms with Gasteiger partial charge in [-0.15, -0.1) is 0 Å². The quantitative estimate of drug-likeness (QED) is 0.825. The smallest absolute Gasteiger partial charge is 0.268 e. The molecule has 128 valence electrons. The molecule has 1 amide bonds. The molecule has 0 aromatic carbocycles. The highest BCUT2D eigenvalue weighted by Crippen LogP contribution is 2.27. The van der Waals surface area contributed by atoms with Crippen molar-refractivity contribution in [2.45, 2.75) is 42.7 Å². The second kappa shape index (κ2) is 6.26. The summed E-state index contributed by atoms with van der Waals surface area (Å²) in [4.78, 5) is 15.1. The summed E-state index contributed by atoms with van der Waals surface area (Å²) in [7, 11) is -0.494. The average Bonchev–Trinajstić information content (AvgIpc) is 3.12. The molecule has 0 spiro atoms. The molecule has 3 rings (SSSR count). The number of sulfonamides is 1. The highest BCUT2D eigenvalue weighted by Gasteiger charge is 2.36. The van der Waals surface area contributed by atoms with Crippen LogP contribution >= 0.6 is 0 Å². The average molecular weight is 340 g/mol.